The van der Waals surface area contributed by atoms with Crippen molar-refractivity contribution in [1.82, 2.24) is 15.5 Å². The zero-order valence-electron chi connectivity index (χ0n) is 12.2. The first-order valence-corrected chi connectivity index (χ1v) is 8.85. The highest BCUT2D eigenvalue weighted by atomic mass is 35.5. The van der Waals surface area contributed by atoms with E-state index in [1.54, 1.807) is 30.3 Å². The van der Waals surface area contributed by atoms with E-state index in [4.69, 9.17) is 16.0 Å². The molecule has 1 amide bonds. The summed E-state index contributed by atoms with van der Waals surface area (Å²) in [6, 6.07) is 7.04. The first-order valence-electron chi connectivity index (χ1n) is 6.58. The lowest BCUT2D eigenvalue weighted by atomic mass is 10.2. The molecule has 7 nitrogen and oxygen atoms in total. The summed E-state index contributed by atoms with van der Waals surface area (Å²) < 4.78 is 27.3. The Balaban J connectivity index is 1.80. The second-order valence-electron chi connectivity index (χ2n) is 4.66. The number of carbonyl (C=O) groups is 1. The van der Waals surface area contributed by atoms with Gasteiger partial charge in [0, 0.05) is 30.3 Å². The average molecular weight is 356 g/mol. The van der Waals surface area contributed by atoms with Gasteiger partial charge in [0.25, 0.3) is 0 Å². The summed E-state index contributed by atoms with van der Waals surface area (Å²) >= 11 is 5.77. The SMILES string of the molecule is CS(=O)(=O)c1nnc(CCNC(=O)/C=C/c2ccc(Cl)cc2)o1. The largest absolute Gasteiger partial charge is 0.412 e. The molecule has 1 aromatic carbocycles. The van der Waals surface area contributed by atoms with Crippen LogP contribution in [-0.2, 0) is 21.1 Å². The zero-order valence-corrected chi connectivity index (χ0v) is 13.8. The van der Waals surface area contributed by atoms with Crippen LogP contribution in [-0.4, -0.2) is 37.3 Å². The van der Waals surface area contributed by atoms with Crippen molar-refractivity contribution in [3.05, 3.63) is 46.8 Å². The van der Waals surface area contributed by atoms with E-state index in [0.29, 0.717) is 5.02 Å². The van der Waals surface area contributed by atoms with Crippen molar-refractivity contribution in [2.75, 3.05) is 12.8 Å². The number of benzene rings is 1. The smallest absolute Gasteiger partial charge is 0.335 e. The van der Waals surface area contributed by atoms with Crippen LogP contribution in [0.1, 0.15) is 11.5 Å². The quantitative estimate of drug-likeness (QED) is 0.788. The van der Waals surface area contributed by atoms with Gasteiger partial charge in [-0.1, -0.05) is 28.8 Å². The lowest BCUT2D eigenvalue weighted by molar-refractivity contribution is -0.116. The molecule has 1 heterocycles. The monoisotopic (exact) mass is 355 g/mol. The number of sulfone groups is 1. The molecule has 0 aliphatic heterocycles. The molecule has 1 aromatic heterocycles. The van der Waals surface area contributed by atoms with Crippen molar-refractivity contribution in [1.29, 1.82) is 0 Å². The van der Waals surface area contributed by atoms with Crippen molar-refractivity contribution in [3.63, 3.8) is 0 Å². The molecule has 0 aliphatic rings. The number of halogens is 1. The fourth-order valence-corrected chi connectivity index (χ4v) is 2.15. The van der Waals surface area contributed by atoms with Crippen molar-refractivity contribution in [3.8, 4) is 0 Å². The molecular weight excluding hydrogens is 342 g/mol. The minimum absolute atomic E-state index is 0.146. The molecule has 1 N–H and O–H groups in total. The fraction of sp³-hybridized carbons (Fsp3) is 0.214. The Morgan fingerprint density at radius 3 is 2.61 bits per heavy atom. The van der Waals surface area contributed by atoms with Gasteiger partial charge in [-0.15, -0.1) is 5.10 Å². The third-order valence-corrected chi connectivity index (χ3v) is 3.75. The summed E-state index contributed by atoms with van der Waals surface area (Å²) in [5.74, 6) is -0.143. The molecule has 9 heteroatoms. The lowest BCUT2D eigenvalue weighted by Crippen LogP contribution is -2.23. The topological polar surface area (TPSA) is 102 Å². The van der Waals surface area contributed by atoms with E-state index in [1.165, 1.54) is 6.08 Å². The van der Waals surface area contributed by atoms with E-state index in [0.717, 1.165) is 11.8 Å². The van der Waals surface area contributed by atoms with Crippen LogP contribution in [0.4, 0.5) is 0 Å². The van der Waals surface area contributed by atoms with Gasteiger partial charge in [0.1, 0.15) is 0 Å². The molecular formula is C14H14ClN3O4S. The van der Waals surface area contributed by atoms with Crippen LogP contribution in [0.25, 0.3) is 6.08 Å². The van der Waals surface area contributed by atoms with Crippen LogP contribution in [0.2, 0.25) is 5.02 Å². The van der Waals surface area contributed by atoms with E-state index in [-0.39, 0.29) is 24.8 Å². The first-order chi connectivity index (χ1) is 10.8. The summed E-state index contributed by atoms with van der Waals surface area (Å²) in [5.41, 5.74) is 0.847. The molecule has 0 saturated heterocycles. The first kappa shape index (κ1) is 17.2. The second kappa shape index (κ2) is 7.38. The standard InChI is InChI=1S/C14H14ClN3O4S/c1-23(20,21)14-18-17-13(22-14)8-9-16-12(19)7-4-10-2-5-11(15)6-3-10/h2-7H,8-9H2,1H3,(H,16,19)/b7-4+. The summed E-state index contributed by atoms with van der Waals surface area (Å²) in [6.45, 7) is 0.245. The van der Waals surface area contributed by atoms with Gasteiger partial charge in [0.05, 0.1) is 0 Å². The van der Waals surface area contributed by atoms with Gasteiger partial charge in [-0.3, -0.25) is 4.79 Å². The number of hydrogen-bond donors (Lipinski definition) is 1. The molecule has 0 radical (unpaired) electrons. The molecule has 0 spiro atoms. The molecule has 0 unspecified atom stereocenters. The minimum Gasteiger partial charge on any atom is -0.412 e. The number of rotatable bonds is 6. The third kappa shape index (κ3) is 5.50. The number of nitrogens with one attached hydrogen (secondary N) is 1. The van der Waals surface area contributed by atoms with Crippen LogP contribution in [0.3, 0.4) is 0 Å². The number of hydrogen-bond acceptors (Lipinski definition) is 6. The maximum atomic E-state index is 11.7. The van der Waals surface area contributed by atoms with Gasteiger partial charge >= 0.3 is 5.22 Å². The Morgan fingerprint density at radius 1 is 1.30 bits per heavy atom. The lowest BCUT2D eigenvalue weighted by Gasteiger charge is -1.99. The molecule has 2 rings (SSSR count). The minimum atomic E-state index is -3.51. The Bertz CT molecular complexity index is 813. The van der Waals surface area contributed by atoms with Gasteiger partial charge in [-0.05, 0) is 23.8 Å². The van der Waals surface area contributed by atoms with E-state index in [1.807, 2.05) is 0 Å². The Hall–Kier alpha value is -2.19. The molecule has 122 valence electrons. The van der Waals surface area contributed by atoms with Gasteiger partial charge in [0.2, 0.25) is 21.6 Å². The number of amides is 1. The number of nitrogens with zero attached hydrogens (tertiary/aromatic N) is 2. The molecule has 0 fully saturated rings. The zero-order chi connectivity index (χ0) is 16.9. The van der Waals surface area contributed by atoms with E-state index in [2.05, 4.69) is 15.5 Å². The van der Waals surface area contributed by atoms with Crippen LogP contribution in [0, 0.1) is 0 Å². The van der Waals surface area contributed by atoms with E-state index >= 15 is 0 Å². The maximum absolute atomic E-state index is 11.7. The van der Waals surface area contributed by atoms with E-state index in [9.17, 15) is 13.2 Å². The molecule has 2 aromatic rings. The van der Waals surface area contributed by atoms with Gasteiger partial charge in [-0.2, -0.15) is 0 Å². The Kier molecular flexibility index (Phi) is 5.51. The van der Waals surface area contributed by atoms with Crippen LogP contribution in [0.5, 0.6) is 0 Å². The fourth-order valence-electron chi connectivity index (χ4n) is 1.59. The average Bonchev–Trinajstić information content (AvgIpc) is 2.96. The summed E-state index contributed by atoms with van der Waals surface area (Å²) in [4.78, 5) is 11.7. The van der Waals surface area contributed by atoms with Crippen LogP contribution in [0.15, 0.2) is 40.0 Å². The second-order valence-corrected chi connectivity index (χ2v) is 6.99. The number of carbonyl (C=O) groups excluding carboxylic acids is 1. The Morgan fingerprint density at radius 2 is 2.00 bits per heavy atom. The molecule has 0 saturated carbocycles. The number of aromatic nitrogens is 2. The summed E-state index contributed by atoms with van der Waals surface area (Å²) in [6.07, 6.45) is 4.26. The van der Waals surface area contributed by atoms with Crippen molar-refractivity contribution in [2.45, 2.75) is 11.6 Å². The highest BCUT2D eigenvalue weighted by Crippen LogP contribution is 2.10. The van der Waals surface area contributed by atoms with Crippen molar-refractivity contribution >= 4 is 33.4 Å². The summed E-state index contributed by atoms with van der Waals surface area (Å²) in [5, 5.41) is 9.86. The molecule has 0 aliphatic carbocycles. The Labute approximate surface area is 138 Å². The van der Waals surface area contributed by atoms with Gasteiger partial charge in [0.15, 0.2) is 0 Å². The highest BCUT2D eigenvalue weighted by molar-refractivity contribution is 7.90. The normalized spacial score (nSPS) is 11.7. The van der Waals surface area contributed by atoms with Crippen LogP contribution >= 0.6 is 11.6 Å². The van der Waals surface area contributed by atoms with Crippen molar-refractivity contribution < 1.29 is 17.6 Å². The maximum Gasteiger partial charge on any atom is 0.335 e. The third-order valence-electron chi connectivity index (χ3n) is 2.70. The van der Waals surface area contributed by atoms with Gasteiger partial charge in [-0.25, -0.2) is 8.42 Å². The predicted molar refractivity (Wildman–Crippen MR) is 84.6 cm³/mol. The molecule has 23 heavy (non-hydrogen) atoms. The van der Waals surface area contributed by atoms with E-state index < -0.39 is 15.1 Å². The highest BCUT2D eigenvalue weighted by Gasteiger charge is 2.16. The summed E-state index contributed by atoms with van der Waals surface area (Å²) in [7, 11) is -3.51. The molecule has 0 bridgehead atoms. The van der Waals surface area contributed by atoms with Gasteiger partial charge < -0.3 is 9.73 Å². The molecule has 0 atom stereocenters. The van der Waals surface area contributed by atoms with Crippen LogP contribution < -0.4 is 5.32 Å². The van der Waals surface area contributed by atoms with Crippen molar-refractivity contribution in [2.24, 2.45) is 0 Å². The predicted octanol–water partition coefficient (Wildman–Crippen LogP) is 1.50.